The number of hydrogen-bond acceptors (Lipinski definition) is 4. The Morgan fingerprint density at radius 1 is 1.26 bits per heavy atom. The molecule has 0 radical (unpaired) electrons. The number of hydrogen-bond donors (Lipinski definition) is 1. The molecule has 0 bridgehead atoms. The van der Waals surface area contributed by atoms with E-state index in [2.05, 4.69) is 30.0 Å². The van der Waals surface area contributed by atoms with Crippen molar-refractivity contribution in [1.82, 2.24) is 14.8 Å². The Bertz CT molecular complexity index is 658. The average Bonchev–Trinajstić information content (AvgIpc) is 2.91. The molecule has 2 heterocycles. The Balaban J connectivity index is 0.00000261. The summed E-state index contributed by atoms with van der Waals surface area (Å²) in [6.45, 7) is 1.34. The maximum Gasteiger partial charge on any atom is 0.303 e. The quantitative estimate of drug-likeness (QED) is 0.801. The maximum atomic E-state index is 12.4. The average molecular weight is 396 g/mol. The predicted molar refractivity (Wildman–Crippen MR) is 106 cm³/mol. The molecule has 1 spiro atoms. The van der Waals surface area contributed by atoms with Gasteiger partial charge in [0.2, 0.25) is 5.91 Å². The van der Waals surface area contributed by atoms with Gasteiger partial charge in [-0.3, -0.25) is 19.5 Å². The van der Waals surface area contributed by atoms with Gasteiger partial charge in [0, 0.05) is 32.1 Å². The highest BCUT2D eigenvalue weighted by Crippen LogP contribution is 2.51. The van der Waals surface area contributed by atoms with Crippen molar-refractivity contribution in [3.05, 3.63) is 30.1 Å². The Morgan fingerprint density at radius 3 is 2.52 bits per heavy atom. The number of nitrogens with zero attached hydrogens (tertiary/aromatic N) is 3. The maximum absolute atomic E-state index is 12.4. The molecule has 2 aliphatic rings. The first-order valence-electron chi connectivity index (χ1n) is 9.45. The summed E-state index contributed by atoms with van der Waals surface area (Å²) in [6.07, 6.45) is 7.11. The van der Waals surface area contributed by atoms with Crippen molar-refractivity contribution in [1.29, 1.82) is 0 Å². The number of aliphatic carboxylic acids is 1. The molecular formula is C20H30ClN3O3. The van der Waals surface area contributed by atoms with Gasteiger partial charge in [0.15, 0.2) is 0 Å². The van der Waals surface area contributed by atoms with Crippen LogP contribution in [0.3, 0.4) is 0 Å². The largest absolute Gasteiger partial charge is 0.481 e. The lowest BCUT2D eigenvalue weighted by Gasteiger charge is -2.48. The summed E-state index contributed by atoms with van der Waals surface area (Å²) >= 11 is 0. The molecule has 0 atom stereocenters. The fraction of sp³-hybridized carbons (Fsp3) is 0.650. The van der Waals surface area contributed by atoms with Crippen molar-refractivity contribution in [3.63, 3.8) is 0 Å². The van der Waals surface area contributed by atoms with Crippen molar-refractivity contribution < 1.29 is 14.7 Å². The first-order chi connectivity index (χ1) is 12.4. The zero-order valence-corrected chi connectivity index (χ0v) is 17.0. The number of aromatic nitrogens is 1. The van der Waals surface area contributed by atoms with Crippen LogP contribution in [0.4, 0.5) is 0 Å². The SMILES string of the molecule is CN(C)C1(c2ccccn2)CCC2(CC1)CC(=O)N(CCCC(=O)O)C2.Cl. The van der Waals surface area contributed by atoms with Crippen molar-refractivity contribution in [2.45, 2.75) is 50.5 Å². The second-order valence-electron chi connectivity index (χ2n) is 8.13. The minimum Gasteiger partial charge on any atom is -0.481 e. The number of halogens is 1. The fourth-order valence-electron chi connectivity index (χ4n) is 4.71. The van der Waals surface area contributed by atoms with Crippen molar-refractivity contribution in [2.75, 3.05) is 27.2 Å². The molecule has 2 fully saturated rings. The van der Waals surface area contributed by atoms with Crippen LogP contribution in [0.15, 0.2) is 24.4 Å². The van der Waals surface area contributed by atoms with E-state index in [0.717, 1.165) is 37.9 Å². The van der Waals surface area contributed by atoms with Gasteiger partial charge in [0.05, 0.1) is 11.2 Å². The smallest absolute Gasteiger partial charge is 0.303 e. The van der Waals surface area contributed by atoms with Gasteiger partial charge in [-0.2, -0.15) is 0 Å². The lowest BCUT2D eigenvalue weighted by molar-refractivity contribution is -0.137. The molecule has 0 unspecified atom stereocenters. The number of carboxylic acid groups (broad SMARTS) is 1. The lowest BCUT2D eigenvalue weighted by Crippen LogP contribution is -2.48. The van der Waals surface area contributed by atoms with Crippen LogP contribution in [0.25, 0.3) is 0 Å². The third kappa shape index (κ3) is 4.43. The van der Waals surface area contributed by atoms with Gasteiger partial charge in [0.1, 0.15) is 0 Å². The molecule has 1 aromatic rings. The predicted octanol–water partition coefficient (Wildman–Crippen LogP) is 2.92. The second kappa shape index (κ2) is 8.57. The fourth-order valence-corrected chi connectivity index (χ4v) is 4.71. The molecule has 1 aromatic heterocycles. The highest BCUT2D eigenvalue weighted by Gasteiger charge is 2.50. The van der Waals surface area contributed by atoms with Gasteiger partial charge < -0.3 is 10.0 Å². The number of amides is 1. The highest BCUT2D eigenvalue weighted by atomic mass is 35.5. The van der Waals surface area contributed by atoms with E-state index in [4.69, 9.17) is 5.11 Å². The van der Waals surface area contributed by atoms with Crippen molar-refractivity contribution in [2.24, 2.45) is 5.41 Å². The van der Waals surface area contributed by atoms with Crippen LogP contribution in [0.2, 0.25) is 0 Å². The molecule has 0 aromatic carbocycles. The molecule has 150 valence electrons. The van der Waals surface area contributed by atoms with Crippen molar-refractivity contribution in [3.8, 4) is 0 Å². The molecule has 1 aliphatic carbocycles. The van der Waals surface area contributed by atoms with E-state index < -0.39 is 5.97 Å². The van der Waals surface area contributed by atoms with Gasteiger partial charge in [-0.05, 0) is 63.7 Å². The topological polar surface area (TPSA) is 73.7 Å². The summed E-state index contributed by atoms with van der Waals surface area (Å²) in [7, 11) is 4.23. The van der Waals surface area contributed by atoms with Crippen LogP contribution in [0.5, 0.6) is 0 Å². The number of pyridine rings is 1. The summed E-state index contributed by atoms with van der Waals surface area (Å²) in [5.74, 6) is -0.610. The van der Waals surface area contributed by atoms with E-state index in [0.29, 0.717) is 19.4 Å². The summed E-state index contributed by atoms with van der Waals surface area (Å²) < 4.78 is 0. The molecule has 27 heavy (non-hydrogen) atoms. The highest BCUT2D eigenvalue weighted by molar-refractivity contribution is 5.85. The summed E-state index contributed by atoms with van der Waals surface area (Å²) in [5, 5.41) is 8.80. The first kappa shape index (κ1) is 21.6. The monoisotopic (exact) mass is 395 g/mol. The molecule has 1 N–H and O–H groups in total. The number of likely N-dealkylation sites (tertiary alicyclic amines) is 1. The molecule has 6 nitrogen and oxygen atoms in total. The van der Waals surface area contributed by atoms with E-state index in [9.17, 15) is 9.59 Å². The van der Waals surface area contributed by atoms with Gasteiger partial charge in [0.25, 0.3) is 0 Å². The van der Waals surface area contributed by atoms with Crippen molar-refractivity contribution >= 4 is 24.3 Å². The van der Waals surface area contributed by atoms with E-state index >= 15 is 0 Å². The van der Waals surface area contributed by atoms with Gasteiger partial charge in [-0.25, -0.2) is 0 Å². The number of carbonyl (C=O) groups is 2. The molecule has 1 saturated heterocycles. The van der Waals surface area contributed by atoms with Crippen LogP contribution in [-0.2, 0) is 15.1 Å². The van der Waals surface area contributed by atoms with E-state index in [1.165, 1.54) is 0 Å². The molecule has 3 rings (SSSR count). The minimum atomic E-state index is -0.796. The Labute approximate surface area is 167 Å². The lowest BCUT2D eigenvalue weighted by atomic mass is 9.65. The van der Waals surface area contributed by atoms with E-state index in [-0.39, 0.29) is 35.7 Å². The Kier molecular flexibility index (Phi) is 6.87. The zero-order valence-electron chi connectivity index (χ0n) is 16.2. The Hall–Kier alpha value is -1.66. The van der Waals surface area contributed by atoms with Crippen LogP contribution < -0.4 is 0 Å². The third-order valence-corrected chi connectivity index (χ3v) is 6.36. The van der Waals surface area contributed by atoms with E-state index in [1.54, 1.807) is 0 Å². The number of carboxylic acids is 1. The molecule has 7 heteroatoms. The van der Waals surface area contributed by atoms with E-state index in [1.807, 2.05) is 23.2 Å². The summed E-state index contributed by atoms with van der Waals surface area (Å²) in [4.78, 5) is 31.9. The van der Waals surface area contributed by atoms with Crippen LogP contribution in [0, 0.1) is 5.41 Å². The van der Waals surface area contributed by atoms with Gasteiger partial charge in [-0.15, -0.1) is 12.4 Å². The molecular weight excluding hydrogens is 366 g/mol. The standard InChI is InChI=1S/C20H29N3O3.ClH/c1-22(2)20(16-6-3-4-12-21-16)10-8-19(9-11-20)14-17(24)23(15-19)13-5-7-18(25)26;/h3-4,6,12H,5,7-11,13-15H2,1-2H3,(H,25,26);1H. The number of carbonyl (C=O) groups excluding carboxylic acids is 1. The molecule has 1 saturated carbocycles. The molecule has 1 amide bonds. The summed E-state index contributed by atoms with van der Waals surface area (Å²) in [5.41, 5.74) is 1.10. The molecule has 1 aliphatic heterocycles. The van der Waals surface area contributed by atoms with Crippen LogP contribution in [0.1, 0.15) is 50.6 Å². The zero-order chi connectivity index (χ0) is 18.8. The first-order valence-corrected chi connectivity index (χ1v) is 9.45. The van der Waals surface area contributed by atoms with Gasteiger partial charge in [-0.1, -0.05) is 6.07 Å². The summed E-state index contributed by atoms with van der Waals surface area (Å²) in [6, 6.07) is 6.10. The Morgan fingerprint density at radius 2 is 1.96 bits per heavy atom. The van der Waals surface area contributed by atoms with Gasteiger partial charge >= 0.3 is 5.97 Å². The third-order valence-electron chi connectivity index (χ3n) is 6.36. The normalized spacial score (nSPS) is 27.8. The number of rotatable bonds is 6. The second-order valence-corrected chi connectivity index (χ2v) is 8.13. The van der Waals surface area contributed by atoms with Crippen LogP contribution >= 0.6 is 12.4 Å². The minimum absolute atomic E-state index is 0. The van der Waals surface area contributed by atoms with Crippen LogP contribution in [-0.4, -0.2) is 59.0 Å².